The van der Waals surface area contributed by atoms with Gasteiger partial charge in [0.15, 0.2) is 0 Å². The number of para-hydroxylation sites is 1. The molecule has 1 aliphatic heterocycles. The van der Waals surface area contributed by atoms with Crippen LogP contribution in [-0.4, -0.2) is 83.2 Å². The van der Waals surface area contributed by atoms with Crippen LogP contribution in [0.4, 0.5) is 5.69 Å². The Hall–Kier alpha value is -4.25. The number of carbonyl (C=O) groups is 5. The van der Waals surface area contributed by atoms with E-state index >= 15 is 0 Å². The molecule has 1 fully saturated rings. The summed E-state index contributed by atoms with van der Waals surface area (Å²) in [6.07, 6.45) is 0.0767. The highest BCUT2D eigenvalue weighted by Gasteiger charge is 2.50. The van der Waals surface area contributed by atoms with E-state index in [1.807, 2.05) is 11.0 Å². The van der Waals surface area contributed by atoms with Crippen molar-refractivity contribution in [1.29, 1.82) is 0 Å². The summed E-state index contributed by atoms with van der Waals surface area (Å²) in [5, 5.41) is 21.0. The smallest absolute Gasteiger partial charge is 0.332 e. The highest BCUT2D eigenvalue weighted by molar-refractivity contribution is 6.02. The number of carboxylic acids is 2. The van der Waals surface area contributed by atoms with Crippen LogP contribution in [0.5, 0.6) is 0 Å². The van der Waals surface area contributed by atoms with E-state index < -0.39 is 47.7 Å². The largest absolute Gasteiger partial charge is 0.481 e. The van der Waals surface area contributed by atoms with Crippen molar-refractivity contribution >= 4 is 35.4 Å². The molecule has 1 unspecified atom stereocenters. The van der Waals surface area contributed by atoms with E-state index in [1.54, 1.807) is 61.5 Å². The maximum atomic E-state index is 13.4. The van der Waals surface area contributed by atoms with E-state index in [0.717, 1.165) is 0 Å². The second-order valence-corrected chi connectivity index (χ2v) is 10.0. The van der Waals surface area contributed by atoms with Gasteiger partial charge in [0.05, 0.1) is 13.0 Å². The molecule has 0 aromatic heterocycles. The lowest BCUT2D eigenvalue weighted by atomic mass is 9.83. The number of ether oxygens (including phenoxy) is 1. The molecule has 11 heteroatoms. The summed E-state index contributed by atoms with van der Waals surface area (Å²) in [6, 6.07) is 16.6. The average Bonchev–Trinajstić information content (AvgIpc) is 2.98. The van der Waals surface area contributed by atoms with E-state index in [9.17, 15) is 29.1 Å². The van der Waals surface area contributed by atoms with E-state index in [4.69, 9.17) is 9.84 Å². The molecule has 2 aromatic rings. The van der Waals surface area contributed by atoms with Crippen LogP contribution in [0.3, 0.4) is 0 Å². The Bertz CT molecular complexity index is 1210. The van der Waals surface area contributed by atoms with Gasteiger partial charge in [-0.05, 0) is 37.0 Å². The zero-order valence-electron chi connectivity index (χ0n) is 23.3. The van der Waals surface area contributed by atoms with E-state index in [1.165, 1.54) is 12.0 Å². The van der Waals surface area contributed by atoms with Crippen molar-refractivity contribution in [3.63, 3.8) is 0 Å². The van der Waals surface area contributed by atoms with Crippen molar-refractivity contribution in [2.75, 3.05) is 31.6 Å². The lowest BCUT2D eigenvalue weighted by molar-refractivity contribution is -0.151. The van der Waals surface area contributed by atoms with Crippen LogP contribution in [-0.2, 0) is 28.7 Å². The third kappa shape index (κ3) is 7.69. The van der Waals surface area contributed by atoms with E-state index in [0.29, 0.717) is 24.3 Å². The number of carboxylic acid groups (broad SMARTS) is 2. The molecular formula is C30H37N3O8. The number of nitrogens with one attached hydrogen (secondary N) is 1. The number of anilines is 1. The van der Waals surface area contributed by atoms with Gasteiger partial charge in [0.25, 0.3) is 0 Å². The number of likely N-dealkylation sites (tertiary alicyclic amines) is 1. The van der Waals surface area contributed by atoms with Crippen molar-refractivity contribution in [2.45, 2.75) is 56.5 Å². The summed E-state index contributed by atoms with van der Waals surface area (Å²) in [4.78, 5) is 66.1. The Morgan fingerprint density at radius 2 is 1.56 bits per heavy atom. The second-order valence-electron chi connectivity index (χ2n) is 10.0. The van der Waals surface area contributed by atoms with Crippen LogP contribution < -0.4 is 10.2 Å². The number of aliphatic carboxylic acids is 2. The summed E-state index contributed by atoms with van der Waals surface area (Å²) in [7, 11) is 1.30. The lowest BCUT2D eigenvalue weighted by Gasteiger charge is -2.47. The Kier molecular flexibility index (Phi) is 11.0. The number of rotatable bonds is 13. The Balaban J connectivity index is 1.84. The Morgan fingerprint density at radius 3 is 2.07 bits per heavy atom. The van der Waals surface area contributed by atoms with Gasteiger partial charge in [0.1, 0.15) is 11.6 Å². The Labute approximate surface area is 239 Å². The maximum Gasteiger partial charge on any atom is 0.332 e. The highest BCUT2D eigenvalue weighted by Crippen LogP contribution is 2.36. The molecule has 1 saturated heterocycles. The molecule has 1 aliphatic rings. The molecule has 41 heavy (non-hydrogen) atoms. The monoisotopic (exact) mass is 567 g/mol. The third-order valence-corrected chi connectivity index (χ3v) is 7.46. The van der Waals surface area contributed by atoms with Gasteiger partial charge in [-0.15, -0.1) is 0 Å². The van der Waals surface area contributed by atoms with Crippen molar-refractivity contribution in [3.05, 3.63) is 66.2 Å². The van der Waals surface area contributed by atoms with Crippen molar-refractivity contribution in [2.24, 2.45) is 0 Å². The van der Waals surface area contributed by atoms with Crippen LogP contribution in [0.1, 0.15) is 50.5 Å². The van der Waals surface area contributed by atoms with Gasteiger partial charge in [0, 0.05) is 38.2 Å². The molecule has 0 saturated carbocycles. The summed E-state index contributed by atoms with van der Waals surface area (Å²) in [5.74, 6) is -4.48. The molecule has 0 radical (unpaired) electrons. The fraction of sp³-hybridized carbons (Fsp3) is 0.433. The molecule has 11 nitrogen and oxygen atoms in total. The van der Waals surface area contributed by atoms with Gasteiger partial charge < -0.3 is 25.2 Å². The second kappa shape index (κ2) is 14.4. The molecule has 1 heterocycles. The number of hydrogen-bond acceptors (Lipinski definition) is 7. The molecule has 0 aliphatic carbocycles. The fourth-order valence-corrected chi connectivity index (χ4v) is 5.26. The van der Waals surface area contributed by atoms with Crippen LogP contribution >= 0.6 is 0 Å². The molecule has 0 spiro atoms. The number of hydrogen-bond donors (Lipinski definition) is 3. The molecule has 2 aromatic carbocycles. The first-order valence-electron chi connectivity index (χ1n) is 13.6. The summed E-state index contributed by atoms with van der Waals surface area (Å²) in [5.41, 5.74) is 0.0418. The summed E-state index contributed by atoms with van der Waals surface area (Å²) < 4.78 is 5.21. The number of benzene rings is 2. The minimum atomic E-state index is -1.35. The third-order valence-electron chi connectivity index (χ3n) is 7.46. The van der Waals surface area contributed by atoms with Gasteiger partial charge in [-0.25, -0.2) is 9.59 Å². The quantitative estimate of drug-likeness (QED) is 0.310. The predicted octanol–water partition coefficient (Wildman–Crippen LogP) is 2.66. The topological polar surface area (TPSA) is 154 Å². The minimum Gasteiger partial charge on any atom is -0.481 e. The van der Waals surface area contributed by atoms with Crippen molar-refractivity contribution < 1.29 is 38.9 Å². The lowest BCUT2D eigenvalue weighted by Crippen LogP contribution is -2.63. The highest BCUT2D eigenvalue weighted by atomic mass is 16.5. The van der Waals surface area contributed by atoms with E-state index in [2.05, 4.69) is 5.32 Å². The first-order chi connectivity index (χ1) is 19.6. The van der Waals surface area contributed by atoms with Gasteiger partial charge in [-0.1, -0.05) is 55.5 Å². The maximum absolute atomic E-state index is 13.4. The predicted molar refractivity (Wildman–Crippen MR) is 150 cm³/mol. The molecule has 2 atom stereocenters. The van der Waals surface area contributed by atoms with Crippen molar-refractivity contribution in [3.8, 4) is 0 Å². The standard InChI is InChI=1S/C30H37N3O8/c1-3-25(34)33(22-12-8-5-9-13-22)30(29(40)41-2)16-18-32(19-17-30)20-23(21-10-6-4-7-11-21)27(37)31-24(28(38)39)14-15-26(35)36/h4-13,23-24H,3,14-20H2,1-2H3,(H,31,37)(H,35,36)(H,38,39)/t23?,24-/m0/s1. The first-order valence-corrected chi connectivity index (χ1v) is 13.6. The number of carbonyl (C=O) groups excluding carboxylic acids is 3. The van der Waals surface area contributed by atoms with Crippen molar-refractivity contribution in [1.82, 2.24) is 10.2 Å². The number of nitrogens with zero attached hydrogens (tertiary/aromatic N) is 2. The van der Waals surface area contributed by atoms with Gasteiger partial charge >= 0.3 is 17.9 Å². The number of methoxy groups -OCH3 is 1. The Morgan fingerprint density at radius 1 is 0.976 bits per heavy atom. The van der Waals surface area contributed by atoms with Crippen LogP contribution in [0.25, 0.3) is 0 Å². The fourth-order valence-electron chi connectivity index (χ4n) is 5.26. The normalized spacial score (nSPS) is 16.1. The molecule has 220 valence electrons. The van der Waals surface area contributed by atoms with Gasteiger partial charge in [-0.2, -0.15) is 0 Å². The van der Waals surface area contributed by atoms with Crippen LogP contribution in [0.2, 0.25) is 0 Å². The van der Waals surface area contributed by atoms with Crippen LogP contribution in [0, 0.1) is 0 Å². The number of esters is 1. The molecule has 3 rings (SSSR count). The minimum absolute atomic E-state index is 0.195. The molecular weight excluding hydrogens is 530 g/mol. The molecule has 0 bridgehead atoms. The average molecular weight is 568 g/mol. The SMILES string of the molecule is CCC(=O)N(c1ccccc1)C1(C(=O)OC)CCN(CC(C(=O)N[C@@H](CCC(=O)O)C(=O)O)c2ccccc2)CC1. The number of piperidine rings is 1. The summed E-state index contributed by atoms with van der Waals surface area (Å²) in [6.45, 7) is 2.70. The first kappa shape index (κ1) is 31.3. The van der Waals surface area contributed by atoms with Gasteiger partial charge in [0.2, 0.25) is 11.8 Å². The molecule has 2 amide bonds. The van der Waals surface area contributed by atoms with E-state index in [-0.39, 0.29) is 38.1 Å². The number of amides is 2. The summed E-state index contributed by atoms with van der Waals surface area (Å²) >= 11 is 0. The van der Waals surface area contributed by atoms with Crippen LogP contribution in [0.15, 0.2) is 60.7 Å². The zero-order chi connectivity index (χ0) is 30.0. The zero-order valence-corrected chi connectivity index (χ0v) is 23.3. The van der Waals surface area contributed by atoms with Gasteiger partial charge in [-0.3, -0.25) is 19.3 Å². The molecule has 3 N–H and O–H groups in total.